The van der Waals surface area contributed by atoms with Gasteiger partial charge in [-0.3, -0.25) is 0 Å². The van der Waals surface area contributed by atoms with Crippen molar-refractivity contribution in [2.45, 2.75) is 57.1 Å². The number of hydrogen-bond acceptors (Lipinski definition) is 5. The molecule has 5 heteroatoms. The number of aromatic nitrogens is 2. The van der Waals surface area contributed by atoms with Gasteiger partial charge in [0.25, 0.3) is 0 Å². The van der Waals surface area contributed by atoms with E-state index < -0.39 is 0 Å². The van der Waals surface area contributed by atoms with Crippen molar-refractivity contribution in [2.75, 3.05) is 30.0 Å². The van der Waals surface area contributed by atoms with E-state index in [2.05, 4.69) is 33.8 Å². The summed E-state index contributed by atoms with van der Waals surface area (Å²) in [6, 6.07) is 2.03. The molecule has 1 aromatic heterocycles. The number of nitrogens with zero attached hydrogens (tertiary/aromatic N) is 2. The standard InChI is InChI=1S/C16H28N4S/c1-4-10-17-14-11-15(20-13(2)19-14)18-12-16(21-3)8-6-5-7-9-16/h11H,4-10,12H2,1-3H3,(H2,17,18,19,20). The molecule has 0 radical (unpaired) electrons. The van der Waals surface area contributed by atoms with Crippen molar-refractivity contribution in [3.05, 3.63) is 11.9 Å². The highest BCUT2D eigenvalue weighted by molar-refractivity contribution is 8.00. The average molecular weight is 308 g/mol. The van der Waals surface area contributed by atoms with Crippen LogP contribution in [0.5, 0.6) is 0 Å². The molecular weight excluding hydrogens is 280 g/mol. The summed E-state index contributed by atoms with van der Waals surface area (Å²) < 4.78 is 0.383. The van der Waals surface area contributed by atoms with Crippen molar-refractivity contribution in [3.8, 4) is 0 Å². The first-order valence-corrected chi connectivity index (χ1v) is 9.28. The van der Waals surface area contributed by atoms with E-state index in [1.807, 2.05) is 24.8 Å². The molecule has 1 fully saturated rings. The van der Waals surface area contributed by atoms with Gasteiger partial charge in [-0.25, -0.2) is 9.97 Å². The predicted octanol–water partition coefficient (Wildman–Crippen LogP) is 4.08. The zero-order valence-electron chi connectivity index (χ0n) is 13.5. The highest BCUT2D eigenvalue weighted by atomic mass is 32.2. The van der Waals surface area contributed by atoms with Gasteiger partial charge in [-0.05, 0) is 32.4 Å². The molecule has 0 saturated heterocycles. The lowest BCUT2D eigenvalue weighted by Gasteiger charge is -2.36. The highest BCUT2D eigenvalue weighted by Gasteiger charge is 2.30. The minimum atomic E-state index is 0.383. The molecule has 1 aliphatic carbocycles. The van der Waals surface area contributed by atoms with E-state index in [1.54, 1.807) is 0 Å². The van der Waals surface area contributed by atoms with Gasteiger partial charge in [-0.15, -0.1) is 0 Å². The van der Waals surface area contributed by atoms with Gasteiger partial charge in [-0.2, -0.15) is 11.8 Å². The zero-order chi connectivity index (χ0) is 15.1. The van der Waals surface area contributed by atoms with Crippen molar-refractivity contribution in [1.82, 2.24) is 9.97 Å². The quantitative estimate of drug-likeness (QED) is 0.794. The molecule has 0 unspecified atom stereocenters. The summed E-state index contributed by atoms with van der Waals surface area (Å²) in [7, 11) is 0. The number of hydrogen-bond donors (Lipinski definition) is 2. The van der Waals surface area contributed by atoms with Crippen LogP contribution >= 0.6 is 11.8 Å². The molecule has 4 nitrogen and oxygen atoms in total. The molecular formula is C16H28N4S. The van der Waals surface area contributed by atoms with E-state index in [0.29, 0.717) is 4.75 Å². The van der Waals surface area contributed by atoms with Gasteiger partial charge in [0.05, 0.1) is 0 Å². The Morgan fingerprint density at radius 1 is 1.14 bits per heavy atom. The lowest BCUT2D eigenvalue weighted by molar-refractivity contribution is 0.411. The summed E-state index contributed by atoms with van der Waals surface area (Å²) in [4.78, 5) is 8.96. The molecule has 0 aromatic carbocycles. The van der Waals surface area contributed by atoms with Gasteiger partial charge in [0.15, 0.2) is 0 Å². The summed E-state index contributed by atoms with van der Waals surface area (Å²) >= 11 is 2.01. The molecule has 1 aromatic rings. The largest absolute Gasteiger partial charge is 0.370 e. The van der Waals surface area contributed by atoms with Gasteiger partial charge in [0.1, 0.15) is 17.5 Å². The molecule has 1 heterocycles. The topological polar surface area (TPSA) is 49.8 Å². The van der Waals surface area contributed by atoms with Crippen LogP contribution in [0.3, 0.4) is 0 Å². The number of rotatable bonds is 7. The molecule has 0 bridgehead atoms. The van der Waals surface area contributed by atoms with Crippen LogP contribution in [0.25, 0.3) is 0 Å². The fourth-order valence-corrected chi connectivity index (χ4v) is 3.82. The summed E-state index contributed by atoms with van der Waals surface area (Å²) in [6.07, 6.45) is 10.1. The zero-order valence-corrected chi connectivity index (χ0v) is 14.4. The van der Waals surface area contributed by atoms with Crippen LogP contribution < -0.4 is 10.6 Å². The molecule has 21 heavy (non-hydrogen) atoms. The molecule has 2 N–H and O–H groups in total. The SMILES string of the molecule is CCCNc1cc(NCC2(SC)CCCCC2)nc(C)n1. The molecule has 1 aliphatic rings. The third-order valence-electron chi connectivity index (χ3n) is 4.18. The van der Waals surface area contributed by atoms with Crippen LogP contribution in [0.1, 0.15) is 51.3 Å². The van der Waals surface area contributed by atoms with E-state index in [4.69, 9.17) is 0 Å². The molecule has 2 rings (SSSR count). The van der Waals surface area contributed by atoms with Crippen LogP contribution in [0, 0.1) is 6.92 Å². The molecule has 0 amide bonds. The number of aryl methyl sites for hydroxylation is 1. The number of nitrogens with one attached hydrogen (secondary N) is 2. The minimum absolute atomic E-state index is 0.383. The first kappa shape index (κ1) is 16.4. The Kier molecular flexibility index (Phi) is 6.15. The van der Waals surface area contributed by atoms with Gasteiger partial charge >= 0.3 is 0 Å². The van der Waals surface area contributed by atoms with E-state index in [0.717, 1.165) is 37.0 Å². The van der Waals surface area contributed by atoms with Crippen molar-refractivity contribution in [2.24, 2.45) is 0 Å². The van der Waals surface area contributed by atoms with E-state index in [9.17, 15) is 0 Å². The number of anilines is 2. The smallest absolute Gasteiger partial charge is 0.131 e. The second kappa shape index (κ2) is 7.87. The monoisotopic (exact) mass is 308 g/mol. The van der Waals surface area contributed by atoms with Crippen molar-refractivity contribution in [1.29, 1.82) is 0 Å². The van der Waals surface area contributed by atoms with Crippen LogP contribution in [0.4, 0.5) is 11.6 Å². The van der Waals surface area contributed by atoms with Gasteiger partial charge < -0.3 is 10.6 Å². The highest BCUT2D eigenvalue weighted by Crippen LogP contribution is 2.38. The van der Waals surface area contributed by atoms with Crippen molar-refractivity contribution < 1.29 is 0 Å². The minimum Gasteiger partial charge on any atom is -0.370 e. The van der Waals surface area contributed by atoms with Gasteiger partial charge in [0.2, 0.25) is 0 Å². The molecule has 1 saturated carbocycles. The maximum absolute atomic E-state index is 4.52. The summed E-state index contributed by atoms with van der Waals surface area (Å²) in [5.41, 5.74) is 0. The van der Waals surface area contributed by atoms with Crippen molar-refractivity contribution in [3.63, 3.8) is 0 Å². The normalized spacial score (nSPS) is 17.5. The van der Waals surface area contributed by atoms with E-state index in [-0.39, 0.29) is 0 Å². The summed E-state index contributed by atoms with van der Waals surface area (Å²) in [5.74, 6) is 2.69. The molecule has 0 aliphatic heterocycles. The van der Waals surface area contributed by atoms with Crippen LogP contribution in [-0.4, -0.2) is 34.1 Å². The van der Waals surface area contributed by atoms with Gasteiger partial charge in [-0.1, -0.05) is 26.2 Å². The average Bonchev–Trinajstić information content (AvgIpc) is 2.51. The Morgan fingerprint density at radius 2 is 1.81 bits per heavy atom. The Morgan fingerprint density at radius 3 is 2.43 bits per heavy atom. The summed E-state index contributed by atoms with van der Waals surface area (Å²) in [6.45, 7) is 6.06. The maximum atomic E-state index is 4.52. The predicted molar refractivity (Wildman–Crippen MR) is 93.4 cm³/mol. The van der Waals surface area contributed by atoms with E-state index in [1.165, 1.54) is 32.1 Å². The third kappa shape index (κ3) is 4.77. The fraction of sp³-hybridized carbons (Fsp3) is 0.750. The second-order valence-electron chi connectivity index (χ2n) is 5.91. The Bertz CT molecular complexity index is 444. The fourth-order valence-electron chi connectivity index (χ4n) is 2.90. The van der Waals surface area contributed by atoms with Gasteiger partial charge in [0, 0.05) is 23.9 Å². The second-order valence-corrected chi connectivity index (χ2v) is 7.19. The molecule has 0 spiro atoms. The first-order chi connectivity index (χ1) is 10.2. The lowest BCUT2D eigenvalue weighted by Crippen LogP contribution is -2.35. The van der Waals surface area contributed by atoms with Crippen LogP contribution in [0.2, 0.25) is 0 Å². The molecule has 118 valence electrons. The van der Waals surface area contributed by atoms with Crippen molar-refractivity contribution >= 4 is 23.4 Å². The third-order valence-corrected chi connectivity index (χ3v) is 5.60. The summed E-state index contributed by atoms with van der Waals surface area (Å²) in [5, 5.41) is 6.89. The first-order valence-electron chi connectivity index (χ1n) is 8.06. The van der Waals surface area contributed by atoms with Crippen LogP contribution in [0.15, 0.2) is 6.07 Å². The Balaban J connectivity index is 1.99. The van der Waals surface area contributed by atoms with E-state index >= 15 is 0 Å². The Hall–Kier alpha value is -0.970. The Labute approximate surface area is 132 Å². The lowest BCUT2D eigenvalue weighted by atomic mass is 9.88. The molecule has 0 atom stereocenters. The number of thioether (sulfide) groups is 1. The van der Waals surface area contributed by atoms with Crippen LogP contribution in [-0.2, 0) is 0 Å². The maximum Gasteiger partial charge on any atom is 0.131 e.